The maximum Gasteiger partial charge on any atom is 0.264 e. The van der Waals surface area contributed by atoms with Crippen molar-refractivity contribution in [1.82, 2.24) is 10.2 Å². The third-order valence-electron chi connectivity index (χ3n) is 6.38. The minimum Gasteiger partial charge on any atom is -0.486 e. The summed E-state index contributed by atoms with van der Waals surface area (Å²) in [5.74, 6) is -0.901. The summed E-state index contributed by atoms with van der Waals surface area (Å²) in [6.45, 7) is 3.56. The summed E-state index contributed by atoms with van der Waals surface area (Å²) in [5, 5.41) is 2.54. The van der Waals surface area contributed by atoms with Gasteiger partial charge in [0, 0.05) is 19.7 Å². The van der Waals surface area contributed by atoms with Crippen LogP contribution in [-0.4, -0.2) is 58.0 Å². The zero-order valence-corrected chi connectivity index (χ0v) is 22.7. The smallest absolute Gasteiger partial charge is 0.264 e. The van der Waals surface area contributed by atoms with Crippen molar-refractivity contribution in [1.29, 1.82) is 0 Å². The van der Waals surface area contributed by atoms with Crippen LogP contribution in [-0.2, 0) is 26.2 Å². The van der Waals surface area contributed by atoms with E-state index in [2.05, 4.69) is 5.32 Å². The molecule has 0 radical (unpaired) electrons. The van der Waals surface area contributed by atoms with Gasteiger partial charge in [0.15, 0.2) is 11.5 Å². The number of halogens is 1. The summed E-state index contributed by atoms with van der Waals surface area (Å²) in [6, 6.07) is 15.6. The van der Waals surface area contributed by atoms with Crippen LogP contribution in [0.2, 0.25) is 0 Å². The zero-order chi connectivity index (χ0) is 28.2. The number of rotatable bonds is 9. The highest BCUT2D eigenvalue weighted by atomic mass is 32.2. The van der Waals surface area contributed by atoms with E-state index in [9.17, 15) is 22.4 Å². The minimum absolute atomic E-state index is 0.0784. The molecule has 0 spiro atoms. The largest absolute Gasteiger partial charge is 0.486 e. The van der Waals surface area contributed by atoms with Crippen molar-refractivity contribution in [3.8, 4) is 11.5 Å². The second-order valence-corrected chi connectivity index (χ2v) is 11.0. The van der Waals surface area contributed by atoms with Crippen molar-refractivity contribution in [2.75, 3.05) is 31.1 Å². The molecule has 39 heavy (non-hydrogen) atoms. The van der Waals surface area contributed by atoms with Gasteiger partial charge in [-0.1, -0.05) is 29.8 Å². The minimum atomic E-state index is -4.33. The molecule has 0 saturated heterocycles. The van der Waals surface area contributed by atoms with E-state index < -0.39 is 40.2 Å². The molecular formula is C28H30FN3O6S. The second kappa shape index (κ2) is 11.7. The summed E-state index contributed by atoms with van der Waals surface area (Å²) in [5.41, 5.74) is 1.89. The quantitative estimate of drug-likeness (QED) is 0.435. The maximum atomic E-state index is 13.9. The van der Waals surface area contributed by atoms with Gasteiger partial charge in [0.1, 0.15) is 31.6 Å². The molecule has 9 nitrogen and oxygen atoms in total. The number of sulfonamides is 1. The summed E-state index contributed by atoms with van der Waals surface area (Å²) >= 11 is 0. The molecule has 0 bridgehead atoms. The van der Waals surface area contributed by atoms with E-state index in [0.717, 1.165) is 27.6 Å². The number of hydrogen-bond acceptors (Lipinski definition) is 6. The van der Waals surface area contributed by atoms with Gasteiger partial charge in [0.2, 0.25) is 11.8 Å². The Morgan fingerprint density at radius 1 is 0.974 bits per heavy atom. The SMILES string of the molecule is CNC(=O)[C@H](C)N(Cc1ccc(C)cc1)C(=O)CN(c1ccc(F)cc1)S(=O)(=O)c1ccc2c(c1)OCCO2. The number of likely N-dealkylation sites (N-methyl/N-ethyl adjacent to an activating group) is 1. The molecule has 1 N–H and O–H groups in total. The summed E-state index contributed by atoms with van der Waals surface area (Å²) in [4.78, 5) is 27.5. The lowest BCUT2D eigenvalue weighted by molar-refractivity contribution is -0.139. The number of nitrogens with one attached hydrogen (secondary N) is 1. The van der Waals surface area contributed by atoms with E-state index in [0.29, 0.717) is 12.4 Å². The molecular weight excluding hydrogens is 525 g/mol. The van der Waals surface area contributed by atoms with Crippen molar-refractivity contribution in [2.45, 2.75) is 31.3 Å². The van der Waals surface area contributed by atoms with Crippen LogP contribution in [0.1, 0.15) is 18.1 Å². The van der Waals surface area contributed by atoms with E-state index in [1.165, 1.54) is 42.3 Å². The Bertz CT molecular complexity index is 1450. The van der Waals surface area contributed by atoms with Crippen molar-refractivity contribution < 1.29 is 31.9 Å². The number of aryl methyl sites for hydroxylation is 1. The van der Waals surface area contributed by atoms with Crippen LogP contribution in [0, 0.1) is 12.7 Å². The number of fused-ring (bicyclic) bond motifs is 1. The third-order valence-corrected chi connectivity index (χ3v) is 8.15. The summed E-state index contributed by atoms with van der Waals surface area (Å²) in [7, 11) is -2.87. The first kappa shape index (κ1) is 27.9. The van der Waals surface area contributed by atoms with E-state index in [-0.39, 0.29) is 29.5 Å². The molecule has 1 atom stereocenters. The average Bonchev–Trinajstić information content (AvgIpc) is 2.94. The van der Waals surface area contributed by atoms with Crippen LogP contribution in [0.3, 0.4) is 0 Å². The predicted octanol–water partition coefficient (Wildman–Crippen LogP) is 3.26. The van der Waals surface area contributed by atoms with Crippen LogP contribution in [0.5, 0.6) is 11.5 Å². The molecule has 1 aliphatic heterocycles. The lowest BCUT2D eigenvalue weighted by Gasteiger charge is -2.32. The first-order chi connectivity index (χ1) is 18.6. The lowest BCUT2D eigenvalue weighted by atomic mass is 10.1. The second-order valence-electron chi connectivity index (χ2n) is 9.09. The fraction of sp³-hybridized carbons (Fsp3) is 0.286. The van der Waals surface area contributed by atoms with Crippen LogP contribution in [0.25, 0.3) is 0 Å². The highest BCUT2D eigenvalue weighted by molar-refractivity contribution is 7.92. The van der Waals surface area contributed by atoms with Crippen LogP contribution < -0.4 is 19.1 Å². The number of anilines is 1. The molecule has 1 heterocycles. The van der Waals surface area contributed by atoms with Crippen LogP contribution in [0.15, 0.2) is 71.6 Å². The standard InChI is InChI=1S/C28H30FN3O6S/c1-19-4-6-21(7-5-19)17-31(20(2)28(34)30-3)27(33)18-32(23-10-8-22(29)9-11-23)39(35,36)24-12-13-25-26(16-24)38-15-14-37-25/h4-13,16,20H,14-15,17-18H2,1-3H3,(H,30,34)/t20-/m0/s1. The molecule has 4 rings (SSSR count). The predicted molar refractivity (Wildman–Crippen MR) is 144 cm³/mol. The van der Waals surface area contributed by atoms with Gasteiger partial charge in [-0.05, 0) is 55.8 Å². The molecule has 1 aliphatic rings. The number of amides is 2. The van der Waals surface area contributed by atoms with Crippen LogP contribution >= 0.6 is 0 Å². The molecule has 11 heteroatoms. The van der Waals surface area contributed by atoms with Gasteiger partial charge in [0.05, 0.1) is 10.6 Å². The van der Waals surface area contributed by atoms with Gasteiger partial charge in [-0.15, -0.1) is 0 Å². The van der Waals surface area contributed by atoms with Crippen LogP contribution in [0.4, 0.5) is 10.1 Å². The first-order valence-electron chi connectivity index (χ1n) is 12.3. The Morgan fingerprint density at radius 3 is 2.26 bits per heavy atom. The van der Waals surface area contributed by atoms with Gasteiger partial charge in [-0.25, -0.2) is 12.8 Å². The normalized spacial score (nSPS) is 13.3. The summed E-state index contributed by atoms with van der Waals surface area (Å²) < 4.78 is 53.5. The van der Waals surface area contributed by atoms with Gasteiger partial charge in [-0.2, -0.15) is 0 Å². The Morgan fingerprint density at radius 2 is 1.62 bits per heavy atom. The van der Waals surface area contributed by atoms with Gasteiger partial charge in [-0.3, -0.25) is 13.9 Å². The Hall–Kier alpha value is -4.12. The number of carbonyl (C=O) groups is 2. The molecule has 0 fully saturated rings. The van der Waals surface area contributed by atoms with Gasteiger partial charge < -0.3 is 19.7 Å². The van der Waals surface area contributed by atoms with Crippen molar-refractivity contribution in [3.05, 3.63) is 83.7 Å². The molecule has 3 aromatic rings. The number of hydrogen-bond donors (Lipinski definition) is 1. The van der Waals surface area contributed by atoms with Gasteiger partial charge >= 0.3 is 0 Å². The Labute approximate surface area is 227 Å². The molecule has 3 aromatic carbocycles. The van der Waals surface area contributed by atoms with E-state index >= 15 is 0 Å². The topological polar surface area (TPSA) is 105 Å². The molecule has 2 amide bonds. The lowest BCUT2D eigenvalue weighted by Crippen LogP contribution is -2.50. The van der Waals surface area contributed by atoms with E-state index in [4.69, 9.17) is 9.47 Å². The van der Waals surface area contributed by atoms with E-state index in [1.54, 1.807) is 6.92 Å². The van der Waals surface area contributed by atoms with Crippen molar-refractivity contribution >= 4 is 27.5 Å². The summed E-state index contributed by atoms with van der Waals surface area (Å²) in [6.07, 6.45) is 0. The maximum absolute atomic E-state index is 13.9. The fourth-order valence-electron chi connectivity index (χ4n) is 4.13. The first-order valence-corrected chi connectivity index (χ1v) is 13.8. The molecule has 0 unspecified atom stereocenters. The Balaban J connectivity index is 1.72. The van der Waals surface area contributed by atoms with E-state index in [1.807, 2.05) is 31.2 Å². The molecule has 0 aromatic heterocycles. The number of carbonyl (C=O) groups excluding carboxylic acids is 2. The molecule has 0 aliphatic carbocycles. The zero-order valence-electron chi connectivity index (χ0n) is 21.9. The monoisotopic (exact) mass is 555 g/mol. The highest BCUT2D eigenvalue weighted by Crippen LogP contribution is 2.34. The van der Waals surface area contributed by atoms with Crippen molar-refractivity contribution in [2.24, 2.45) is 0 Å². The fourth-order valence-corrected chi connectivity index (χ4v) is 5.56. The number of nitrogens with zero attached hydrogens (tertiary/aromatic N) is 2. The number of ether oxygens (including phenoxy) is 2. The third kappa shape index (κ3) is 6.31. The molecule has 0 saturated carbocycles. The number of benzene rings is 3. The van der Waals surface area contributed by atoms with Crippen molar-refractivity contribution in [3.63, 3.8) is 0 Å². The Kier molecular flexibility index (Phi) is 8.39. The highest BCUT2D eigenvalue weighted by Gasteiger charge is 2.33. The molecule has 206 valence electrons. The average molecular weight is 556 g/mol. The van der Waals surface area contributed by atoms with Gasteiger partial charge in [0.25, 0.3) is 10.0 Å².